The van der Waals surface area contributed by atoms with Gasteiger partial charge in [-0.15, -0.1) is 0 Å². The number of hydrogen-bond acceptors (Lipinski definition) is 4. The third-order valence-electron chi connectivity index (χ3n) is 3.60. The predicted molar refractivity (Wildman–Crippen MR) is 108 cm³/mol. The summed E-state index contributed by atoms with van der Waals surface area (Å²) < 4.78 is 11.0. The molecule has 142 valence electrons. The largest absolute Gasteiger partial charge is 0.493 e. The summed E-state index contributed by atoms with van der Waals surface area (Å²) in [5.74, 6) is 0.620. The number of carbonyl (C=O) groups is 2. The van der Waals surface area contributed by atoms with Gasteiger partial charge in [-0.25, -0.2) is 0 Å². The summed E-state index contributed by atoms with van der Waals surface area (Å²) in [5.41, 5.74) is 1.76. The number of benzene rings is 2. The Hall–Kier alpha value is -2.79. The molecule has 0 saturated carbocycles. The second kappa shape index (κ2) is 9.78. The van der Waals surface area contributed by atoms with Crippen LogP contribution in [0.3, 0.4) is 0 Å². The maximum Gasteiger partial charge on any atom is 0.221 e. The molecule has 1 N–H and O–H groups in total. The monoisotopic (exact) mass is 387 g/mol. The van der Waals surface area contributed by atoms with Crippen LogP contribution < -0.4 is 14.8 Å². The molecule has 2 aromatic rings. The van der Waals surface area contributed by atoms with Crippen LogP contribution in [0.2, 0.25) is 5.02 Å². The minimum absolute atomic E-state index is 0.191. The Morgan fingerprint density at radius 3 is 2.67 bits per heavy atom. The lowest BCUT2D eigenvalue weighted by atomic mass is 10.1. The van der Waals surface area contributed by atoms with Gasteiger partial charge in [-0.2, -0.15) is 0 Å². The molecule has 0 aliphatic heterocycles. The second-order valence-electron chi connectivity index (χ2n) is 5.84. The molecule has 1 amide bonds. The highest BCUT2D eigenvalue weighted by Gasteiger charge is 2.11. The Labute approximate surface area is 163 Å². The molecule has 2 rings (SSSR count). The number of anilines is 1. The molecular weight excluding hydrogens is 366 g/mol. The summed E-state index contributed by atoms with van der Waals surface area (Å²) in [5, 5.41) is 3.08. The van der Waals surface area contributed by atoms with Crippen LogP contribution in [0.1, 0.15) is 36.2 Å². The summed E-state index contributed by atoms with van der Waals surface area (Å²) in [7, 11) is 1.54. The Bertz CT molecular complexity index is 861. The first-order chi connectivity index (χ1) is 12.9. The Kier molecular flexibility index (Phi) is 7.44. The molecule has 0 heterocycles. The van der Waals surface area contributed by atoms with E-state index in [1.165, 1.54) is 20.1 Å². The minimum Gasteiger partial charge on any atom is -0.493 e. The van der Waals surface area contributed by atoms with E-state index < -0.39 is 0 Å². The fraction of sp³-hybridized carbons (Fsp3) is 0.238. The number of ketones is 1. The van der Waals surface area contributed by atoms with Crippen molar-refractivity contribution in [1.82, 2.24) is 0 Å². The predicted octanol–water partition coefficient (Wildman–Crippen LogP) is 4.99. The number of allylic oxidation sites excluding steroid dienone is 1. The van der Waals surface area contributed by atoms with E-state index in [0.717, 1.165) is 6.42 Å². The molecular formula is C21H22ClNO4. The molecule has 2 aromatic carbocycles. The molecule has 0 saturated heterocycles. The Morgan fingerprint density at radius 2 is 2.00 bits per heavy atom. The fourth-order valence-corrected chi connectivity index (χ4v) is 2.68. The van der Waals surface area contributed by atoms with Crippen LogP contribution >= 0.6 is 11.6 Å². The van der Waals surface area contributed by atoms with Gasteiger partial charge in [0.15, 0.2) is 17.3 Å². The Morgan fingerprint density at radius 1 is 1.22 bits per heavy atom. The van der Waals surface area contributed by atoms with E-state index in [-0.39, 0.29) is 11.7 Å². The molecule has 5 nitrogen and oxygen atoms in total. The minimum atomic E-state index is -0.192. The van der Waals surface area contributed by atoms with Crippen molar-refractivity contribution < 1.29 is 19.1 Å². The second-order valence-corrected chi connectivity index (χ2v) is 6.25. The van der Waals surface area contributed by atoms with Gasteiger partial charge in [-0.05, 0) is 42.3 Å². The van der Waals surface area contributed by atoms with Crippen molar-refractivity contribution in [3.8, 4) is 11.5 Å². The van der Waals surface area contributed by atoms with Gasteiger partial charge >= 0.3 is 0 Å². The maximum absolute atomic E-state index is 12.4. The molecule has 0 unspecified atom stereocenters. The van der Waals surface area contributed by atoms with Crippen molar-refractivity contribution in [3.05, 3.63) is 58.6 Å². The smallest absolute Gasteiger partial charge is 0.221 e. The summed E-state index contributed by atoms with van der Waals surface area (Å²) in [6.07, 6.45) is 3.96. The van der Waals surface area contributed by atoms with Crippen LogP contribution in [0.25, 0.3) is 6.08 Å². The van der Waals surface area contributed by atoms with Crippen molar-refractivity contribution >= 4 is 35.1 Å². The van der Waals surface area contributed by atoms with E-state index in [1.807, 2.05) is 6.92 Å². The fourth-order valence-electron chi connectivity index (χ4n) is 2.40. The van der Waals surface area contributed by atoms with Crippen LogP contribution in [-0.4, -0.2) is 25.4 Å². The zero-order valence-corrected chi connectivity index (χ0v) is 16.3. The standard InChI is InChI=1S/C21H22ClNO4/c1-4-10-27-21-18(22)11-15(12-20(21)26-3)8-9-19(25)16-6-5-7-17(13-16)23-14(2)24/h5-9,11-13H,4,10H2,1-3H3,(H,23,24)/b9-8+. The molecule has 0 spiro atoms. The summed E-state index contributed by atoms with van der Waals surface area (Å²) in [4.78, 5) is 23.6. The molecule has 0 aromatic heterocycles. The van der Waals surface area contributed by atoms with Crippen LogP contribution in [0.15, 0.2) is 42.5 Å². The Balaban J connectivity index is 2.21. The zero-order chi connectivity index (χ0) is 19.8. The first kappa shape index (κ1) is 20.5. The number of rotatable bonds is 8. The summed E-state index contributed by atoms with van der Waals surface area (Å²) >= 11 is 6.29. The number of amides is 1. The molecule has 6 heteroatoms. The number of methoxy groups -OCH3 is 1. The van der Waals surface area contributed by atoms with E-state index in [4.69, 9.17) is 21.1 Å². The van der Waals surface area contributed by atoms with Crippen molar-refractivity contribution in [1.29, 1.82) is 0 Å². The van der Waals surface area contributed by atoms with Crippen molar-refractivity contribution in [2.75, 3.05) is 19.0 Å². The van der Waals surface area contributed by atoms with Crippen LogP contribution in [-0.2, 0) is 4.79 Å². The topological polar surface area (TPSA) is 64.6 Å². The van der Waals surface area contributed by atoms with E-state index >= 15 is 0 Å². The normalized spacial score (nSPS) is 10.7. The first-order valence-electron chi connectivity index (χ1n) is 8.55. The number of carbonyl (C=O) groups excluding carboxylic acids is 2. The number of ether oxygens (including phenoxy) is 2. The van der Waals surface area contributed by atoms with E-state index in [9.17, 15) is 9.59 Å². The maximum atomic E-state index is 12.4. The third-order valence-corrected chi connectivity index (χ3v) is 3.88. The molecule has 27 heavy (non-hydrogen) atoms. The molecule has 0 radical (unpaired) electrons. The quantitative estimate of drug-likeness (QED) is 0.511. The summed E-state index contributed by atoms with van der Waals surface area (Å²) in [6.45, 7) is 3.96. The number of nitrogens with one attached hydrogen (secondary N) is 1. The highest BCUT2D eigenvalue weighted by molar-refractivity contribution is 6.32. The van der Waals surface area contributed by atoms with Crippen molar-refractivity contribution in [2.45, 2.75) is 20.3 Å². The number of halogens is 1. The third kappa shape index (κ3) is 5.86. The van der Waals surface area contributed by atoms with Crippen LogP contribution in [0, 0.1) is 0 Å². The van der Waals surface area contributed by atoms with Crippen molar-refractivity contribution in [3.63, 3.8) is 0 Å². The first-order valence-corrected chi connectivity index (χ1v) is 8.92. The molecule has 0 aliphatic rings. The molecule has 0 atom stereocenters. The molecule has 0 aliphatic carbocycles. The van der Waals surface area contributed by atoms with Gasteiger partial charge in [0.05, 0.1) is 18.7 Å². The van der Waals surface area contributed by atoms with Gasteiger partial charge in [0.2, 0.25) is 5.91 Å². The lowest BCUT2D eigenvalue weighted by molar-refractivity contribution is -0.114. The van der Waals surface area contributed by atoms with Gasteiger partial charge in [0.25, 0.3) is 0 Å². The van der Waals surface area contributed by atoms with Gasteiger partial charge in [0.1, 0.15) is 0 Å². The zero-order valence-electron chi connectivity index (χ0n) is 15.5. The number of hydrogen-bond donors (Lipinski definition) is 1. The lowest BCUT2D eigenvalue weighted by Crippen LogP contribution is -2.06. The van der Waals surface area contributed by atoms with Crippen LogP contribution in [0.5, 0.6) is 11.5 Å². The van der Waals surface area contributed by atoms with E-state index in [1.54, 1.807) is 42.5 Å². The van der Waals surface area contributed by atoms with Gasteiger partial charge in [-0.3, -0.25) is 9.59 Å². The molecule has 0 bridgehead atoms. The molecule has 0 fully saturated rings. The SMILES string of the molecule is CCCOc1c(Cl)cc(/C=C/C(=O)c2cccc(NC(C)=O)c2)cc1OC. The van der Waals surface area contributed by atoms with Gasteiger partial charge in [0, 0.05) is 18.2 Å². The summed E-state index contributed by atoms with van der Waals surface area (Å²) in [6, 6.07) is 10.2. The van der Waals surface area contributed by atoms with Crippen LogP contribution in [0.4, 0.5) is 5.69 Å². The lowest BCUT2D eigenvalue weighted by Gasteiger charge is -2.12. The van der Waals surface area contributed by atoms with Gasteiger partial charge in [-0.1, -0.05) is 36.7 Å². The van der Waals surface area contributed by atoms with E-state index in [0.29, 0.717) is 39.9 Å². The van der Waals surface area contributed by atoms with E-state index in [2.05, 4.69) is 5.32 Å². The van der Waals surface area contributed by atoms with Gasteiger partial charge < -0.3 is 14.8 Å². The average molecular weight is 388 g/mol. The average Bonchev–Trinajstić information content (AvgIpc) is 2.64. The highest BCUT2D eigenvalue weighted by Crippen LogP contribution is 2.36. The van der Waals surface area contributed by atoms with Crippen molar-refractivity contribution in [2.24, 2.45) is 0 Å². The highest BCUT2D eigenvalue weighted by atomic mass is 35.5.